The molecule has 0 heterocycles. The molecule has 0 aromatic heterocycles. The van der Waals surface area contributed by atoms with Crippen molar-refractivity contribution in [1.29, 1.82) is 0 Å². The largest absolute Gasteiger partial charge is 0.396 e. The molecular weight excluding hydrogens is 228 g/mol. The smallest absolute Gasteiger partial charge is 0.0499 e. The van der Waals surface area contributed by atoms with Crippen molar-refractivity contribution in [2.75, 3.05) is 6.61 Å². The molecular formula is C11H14BrO. The van der Waals surface area contributed by atoms with Gasteiger partial charge in [-0.15, -0.1) is 0 Å². The molecule has 0 spiro atoms. The average Bonchev–Trinajstić information content (AvgIpc) is 2.16. The van der Waals surface area contributed by atoms with E-state index >= 15 is 0 Å². The molecule has 0 fully saturated rings. The van der Waals surface area contributed by atoms with Gasteiger partial charge >= 0.3 is 0 Å². The van der Waals surface area contributed by atoms with Crippen molar-refractivity contribution in [1.82, 2.24) is 0 Å². The van der Waals surface area contributed by atoms with Gasteiger partial charge in [0, 0.05) is 17.0 Å². The number of benzene rings is 1. The van der Waals surface area contributed by atoms with E-state index < -0.39 is 0 Å². The molecule has 0 aliphatic heterocycles. The van der Waals surface area contributed by atoms with Gasteiger partial charge in [0.25, 0.3) is 0 Å². The minimum Gasteiger partial charge on any atom is -0.396 e. The summed E-state index contributed by atoms with van der Waals surface area (Å²) >= 11 is 3.50. The predicted octanol–water partition coefficient (Wildman–Crippen LogP) is 2.92. The molecule has 1 N–H and O–H groups in total. The Hall–Kier alpha value is -0.340. The first-order valence-electron chi connectivity index (χ1n) is 4.42. The predicted molar refractivity (Wildman–Crippen MR) is 58.7 cm³/mol. The zero-order valence-electron chi connectivity index (χ0n) is 7.76. The Morgan fingerprint density at radius 3 is 2.77 bits per heavy atom. The topological polar surface area (TPSA) is 20.2 Å². The molecule has 1 unspecified atom stereocenters. The summed E-state index contributed by atoms with van der Waals surface area (Å²) in [5, 5.41) is 9.02. The van der Waals surface area contributed by atoms with Gasteiger partial charge in [0.05, 0.1) is 0 Å². The second-order valence-corrected chi connectivity index (χ2v) is 3.90. The summed E-state index contributed by atoms with van der Waals surface area (Å²) in [5.41, 5.74) is 2.39. The summed E-state index contributed by atoms with van der Waals surface area (Å²) in [6.07, 6.45) is 0.961. The van der Waals surface area contributed by atoms with Gasteiger partial charge in [0.1, 0.15) is 0 Å². The van der Waals surface area contributed by atoms with E-state index in [4.69, 9.17) is 5.11 Å². The standard InChI is InChI=1S/C11H14BrO/c1-3-9-10(8(2)7-13)5-4-6-11(9)12/h4-6,8,13H,2-3,7H2,1H3. The normalized spacial score (nSPS) is 12.9. The second kappa shape index (κ2) is 4.77. The van der Waals surface area contributed by atoms with Crippen molar-refractivity contribution < 1.29 is 5.11 Å². The van der Waals surface area contributed by atoms with Crippen LogP contribution in [0.4, 0.5) is 0 Å². The Labute approximate surface area is 87.9 Å². The molecule has 0 aliphatic rings. The van der Waals surface area contributed by atoms with Crippen molar-refractivity contribution in [2.45, 2.75) is 19.3 Å². The van der Waals surface area contributed by atoms with E-state index in [9.17, 15) is 0 Å². The Balaban J connectivity index is 3.12. The maximum Gasteiger partial charge on any atom is 0.0499 e. The Morgan fingerprint density at radius 1 is 1.54 bits per heavy atom. The lowest BCUT2D eigenvalue weighted by molar-refractivity contribution is 0.282. The second-order valence-electron chi connectivity index (χ2n) is 3.04. The molecule has 0 saturated heterocycles. The molecule has 2 heteroatoms. The van der Waals surface area contributed by atoms with Crippen LogP contribution >= 0.6 is 15.9 Å². The molecule has 1 atom stereocenters. The van der Waals surface area contributed by atoms with E-state index in [-0.39, 0.29) is 12.5 Å². The molecule has 1 nitrogen and oxygen atoms in total. The van der Waals surface area contributed by atoms with E-state index in [1.54, 1.807) is 0 Å². The first-order valence-corrected chi connectivity index (χ1v) is 5.21. The van der Waals surface area contributed by atoms with Gasteiger partial charge in [0.15, 0.2) is 0 Å². The van der Waals surface area contributed by atoms with Crippen molar-refractivity contribution in [2.24, 2.45) is 0 Å². The van der Waals surface area contributed by atoms with Gasteiger partial charge in [0.2, 0.25) is 0 Å². The lowest BCUT2D eigenvalue weighted by atomic mass is 9.95. The maximum atomic E-state index is 9.02. The number of aliphatic hydroxyl groups is 1. The SMILES string of the molecule is [CH2]C(CO)c1cccc(Br)c1CC. The van der Waals surface area contributed by atoms with Crippen LogP contribution < -0.4 is 0 Å². The van der Waals surface area contributed by atoms with Crippen molar-refractivity contribution >= 4 is 15.9 Å². The van der Waals surface area contributed by atoms with Crippen LogP contribution in [-0.4, -0.2) is 11.7 Å². The minimum atomic E-state index is -0.0209. The number of halogens is 1. The van der Waals surface area contributed by atoms with Gasteiger partial charge in [-0.1, -0.05) is 35.0 Å². The molecule has 1 radical (unpaired) electrons. The Bertz CT molecular complexity index is 283. The monoisotopic (exact) mass is 241 g/mol. The van der Waals surface area contributed by atoms with E-state index in [1.807, 2.05) is 18.2 Å². The fourth-order valence-corrected chi connectivity index (χ4v) is 2.09. The fraction of sp³-hybridized carbons (Fsp3) is 0.364. The van der Waals surface area contributed by atoms with Crippen molar-refractivity contribution in [3.63, 3.8) is 0 Å². The minimum absolute atomic E-state index is 0.0209. The van der Waals surface area contributed by atoms with Gasteiger partial charge < -0.3 is 5.11 Å². The fourth-order valence-electron chi connectivity index (χ4n) is 1.43. The van der Waals surface area contributed by atoms with E-state index in [0.29, 0.717) is 0 Å². The van der Waals surface area contributed by atoms with Crippen LogP contribution in [0.3, 0.4) is 0 Å². The lowest BCUT2D eigenvalue weighted by Gasteiger charge is -2.14. The third-order valence-corrected chi connectivity index (χ3v) is 2.91. The average molecular weight is 242 g/mol. The van der Waals surface area contributed by atoms with Crippen molar-refractivity contribution in [3.8, 4) is 0 Å². The molecule has 1 aromatic rings. The summed E-state index contributed by atoms with van der Waals surface area (Å²) < 4.78 is 1.11. The van der Waals surface area contributed by atoms with Gasteiger partial charge in [-0.3, -0.25) is 0 Å². The van der Waals surface area contributed by atoms with Gasteiger partial charge in [-0.05, 0) is 30.5 Å². The molecule has 71 valence electrons. The first-order chi connectivity index (χ1) is 6.20. The van der Waals surface area contributed by atoms with Crippen LogP contribution in [-0.2, 0) is 6.42 Å². The van der Waals surface area contributed by atoms with Gasteiger partial charge in [-0.2, -0.15) is 0 Å². The zero-order chi connectivity index (χ0) is 9.84. The summed E-state index contributed by atoms with van der Waals surface area (Å²) in [4.78, 5) is 0. The van der Waals surface area contributed by atoms with E-state index in [2.05, 4.69) is 29.8 Å². The first kappa shape index (κ1) is 10.7. The number of hydrogen-bond acceptors (Lipinski definition) is 1. The maximum absolute atomic E-state index is 9.02. The van der Waals surface area contributed by atoms with Crippen molar-refractivity contribution in [3.05, 3.63) is 40.7 Å². The highest BCUT2D eigenvalue weighted by atomic mass is 79.9. The Kier molecular flexibility index (Phi) is 3.94. The van der Waals surface area contributed by atoms with E-state index in [1.165, 1.54) is 5.56 Å². The molecule has 0 saturated carbocycles. The molecule has 0 bridgehead atoms. The molecule has 1 aromatic carbocycles. The molecule has 0 aliphatic carbocycles. The van der Waals surface area contributed by atoms with Crippen LogP contribution in [0.1, 0.15) is 24.0 Å². The lowest BCUT2D eigenvalue weighted by Crippen LogP contribution is -2.03. The third-order valence-electron chi connectivity index (χ3n) is 2.17. The number of aliphatic hydroxyl groups excluding tert-OH is 1. The number of hydrogen-bond donors (Lipinski definition) is 1. The molecule has 13 heavy (non-hydrogen) atoms. The highest BCUT2D eigenvalue weighted by Crippen LogP contribution is 2.26. The highest BCUT2D eigenvalue weighted by molar-refractivity contribution is 9.10. The summed E-state index contributed by atoms with van der Waals surface area (Å²) in [7, 11) is 0. The van der Waals surface area contributed by atoms with Crippen LogP contribution in [0.15, 0.2) is 22.7 Å². The summed E-state index contributed by atoms with van der Waals surface area (Å²) in [5.74, 6) is -0.0209. The van der Waals surface area contributed by atoms with E-state index in [0.717, 1.165) is 16.5 Å². The van der Waals surface area contributed by atoms with Gasteiger partial charge in [-0.25, -0.2) is 0 Å². The van der Waals surface area contributed by atoms with Crippen LogP contribution in [0.2, 0.25) is 0 Å². The molecule has 1 rings (SSSR count). The summed E-state index contributed by atoms with van der Waals surface area (Å²) in [6, 6.07) is 6.02. The highest BCUT2D eigenvalue weighted by Gasteiger charge is 2.10. The van der Waals surface area contributed by atoms with Crippen LogP contribution in [0.5, 0.6) is 0 Å². The van der Waals surface area contributed by atoms with Crippen LogP contribution in [0, 0.1) is 6.92 Å². The summed E-state index contributed by atoms with van der Waals surface area (Å²) in [6.45, 7) is 6.11. The quantitative estimate of drug-likeness (QED) is 0.863. The zero-order valence-corrected chi connectivity index (χ0v) is 9.34. The Morgan fingerprint density at radius 2 is 2.23 bits per heavy atom. The van der Waals surface area contributed by atoms with Crippen LogP contribution in [0.25, 0.3) is 0 Å². The number of rotatable bonds is 3. The third kappa shape index (κ3) is 2.32. The molecule has 0 amide bonds.